The molecule has 1 aromatic heterocycles. The molecule has 7 nitrogen and oxygen atoms in total. The lowest BCUT2D eigenvalue weighted by molar-refractivity contribution is 0.0697. The summed E-state index contributed by atoms with van der Waals surface area (Å²) < 4.78 is 11.4. The van der Waals surface area contributed by atoms with Crippen molar-refractivity contribution in [2.75, 3.05) is 20.2 Å². The molecule has 2 heterocycles. The van der Waals surface area contributed by atoms with E-state index in [2.05, 4.69) is 10.3 Å². The van der Waals surface area contributed by atoms with Crippen LogP contribution in [0.2, 0.25) is 0 Å². The Labute approximate surface area is 193 Å². The van der Waals surface area contributed by atoms with Crippen LogP contribution in [0.5, 0.6) is 11.5 Å². The number of amides is 2. The van der Waals surface area contributed by atoms with E-state index in [9.17, 15) is 9.59 Å². The molecule has 170 valence electrons. The molecule has 0 unspecified atom stereocenters. The van der Waals surface area contributed by atoms with Crippen LogP contribution in [0.3, 0.4) is 0 Å². The van der Waals surface area contributed by atoms with Gasteiger partial charge in [0.15, 0.2) is 11.5 Å². The van der Waals surface area contributed by atoms with Crippen molar-refractivity contribution in [2.24, 2.45) is 0 Å². The van der Waals surface area contributed by atoms with Crippen LogP contribution in [-0.4, -0.2) is 47.9 Å². The monoisotopic (exact) mass is 445 g/mol. The quantitative estimate of drug-likeness (QED) is 0.600. The normalized spacial score (nSPS) is 13.9. The number of nitrogens with one attached hydrogen (secondary N) is 1. The Morgan fingerprint density at radius 1 is 1.00 bits per heavy atom. The maximum Gasteiger partial charge on any atom is 0.253 e. The van der Waals surface area contributed by atoms with E-state index in [4.69, 9.17) is 9.47 Å². The average molecular weight is 446 g/mol. The minimum absolute atomic E-state index is 0.0325. The Balaban J connectivity index is 1.33. The van der Waals surface area contributed by atoms with Gasteiger partial charge < -0.3 is 19.7 Å². The van der Waals surface area contributed by atoms with Crippen molar-refractivity contribution >= 4 is 11.8 Å². The van der Waals surface area contributed by atoms with Crippen LogP contribution in [-0.2, 0) is 6.61 Å². The lowest BCUT2D eigenvalue weighted by Crippen LogP contribution is -2.46. The fourth-order valence-electron chi connectivity index (χ4n) is 3.83. The standard InChI is InChI=1S/C26H27N3O4/c1-32-24-16-20(9-10-23(24)33-18-19-6-3-2-4-7-19)26(31)29-14-11-22(12-15-29)28-25(30)21-8-5-13-27-17-21/h2-10,13,16-17,22H,11-12,14-15,18H2,1H3,(H,28,30). The summed E-state index contributed by atoms with van der Waals surface area (Å²) in [6.07, 6.45) is 4.59. The zero-order valence-electron chi connectivity index (χ0n) is 18.6. The van der Waals surface area contributed by atoms with Gasteiger partial charge >= 0.3 is 0 Å². The molecule has 0 saturated carbocycles. The van der Waals surface area contributed by atoms with Crippen LogP contribution in [0.1, 0.15) is 39.1 Å². The van der Waals surface area contributed by atoms with Gasteiger partial charge in [0.1, 0.15) is 6.61 Å². The number of likely N-dealkylation sites (tertiary alicyclic amines) is 1. The first kappa shape index (κ1) is 22.3. The highest BCUT2D eigenvalue weighted by Gasteiger charge is 2.25. The van der Waals surface area contributed by atoms with E-state index in [1.165, 1.54) is 0 Å². The highest BCUT2D eigenvalue weighted by Crippen LogP contribution is 2.29. The Morgan fingerprint density at radius 3 is 2.48 bits per heavy atom. The van der Waals surface area contributed by atoms with E-state index in [1.54, 1.807) is 49.8 Å². The van der Waals surface area contributed by atoms with E-state index in [0.717, 1.165) is 5.56 Å². The third-order valence-electron chi connectivity index (χ3n) is 5.69. The maximum absolute atomic E-state index is 13.0. The van der Waals surface area contributed by atoms with Crippen molar-refractivity contribution in [1.82, 2.24) is 15.2 Å². The number of piperidine rings is 1. The molecule has 7 heteroatoms. The van der Waals surface area contributed by atoms with Crippen LogP contribution in [0.15, 0.2) is 73.1 Å². The third kappa shape index (κ3) is 5.68. The SMILES string of the molecule is COc1cc(C(=O)N2CCC(NC(=O)c3cccnc3)CC2)ccc1OCc1ccccc1. The topological polar surface area (TPSA) is 80.8 Å². The van der Waals surface area contributed by atoms with Crippen LogP contribution in [0, 0.1) is 0 Å². The van der Waals surface area contributed by atoms with Crippen molar-refractivity contribution in [3.05, 3.63) is 89.7 Å². The molecule has 0 aliphatic carbocycles. The van der Waals surface area contributed by atoms with Gasteiger partial charge in [0.25, 0.3) is 11.8 Å². The first-order valence-electron chi connectivity index (χ1n) is 11.0. The summed E-state index contributed by atoms with van der Waals surface area (Å²) in [5.74, 6) is 0.925. The molecule has 1 fully saturated rings. The van der Waals surface area contributed by atoms with Crippen molar-refractivity contribution in [3.63, 3.8) is 0 Å². The molecule has 1 N–H and O–H groups in total. The van der Waals surface area contributed by atoms with Crippen molar-refractivity contribution in [1.29, 1.82) is 0 Å². The molecular formula is C26H27N3O4. The number of ether oxygens (including phenoxy) is 2. The smallest absolute Gasteiger partial charge is 0.253 e. The second-order valence-electron chi connectivity index (χ2n) is 7.92. The number of carbonyl (C=O) groups is 2. The van der Waals surface area contributed by atoms with Crippen LogP contribution in [0.25, 0.3) is 0 Å². The number of methoxy groups -OCH3 is 1. The lowest BCUT2D eigenvalue weighted by atomic mass is 10.0. The molecular weight excluding hydrogens is 418 g/mol. The zero-order chi connectivity index (χ0) is 23.0. The number of hydrogen-bond donors (Lipinski definition) is 1. The second-order valence-corrected chi connectivity index (χ2v) is 7.92. The van der Waals surface area contributed by atoms with Crippen LogP contribution < -0.4 is 14.8 Å². The van der Waals surface area contributed by atoms with Crippen LogP contribution >= 0.6 is 0 Å². The van der Waals surface area contributed by atoms with Crippen molar-refractivity contribution in [2.45, 2.75) is 25.5 Å². The molecule has 1 aliphatic rings. The fourth-order valence-corrected chi connectivity index (χ4v) is 3.83. The van der Waals surface area contributed by atoms with E-state index < -0.39 is 0 Å². The van der Waals surface area contributed by atoms with Gasteiger partial charge in [0.2, 0.25) is 0 Å². The summed E-state index contributed by atoms with van der Waals surface area (Å²) in [6, 6.07) is 18.6. The van der Waals surface area contributed by atoms with Gasteiger partial charge in [-0.3, -0.25) is 14.6 Å². The molecule has 2 amide bonds. The predicted molar refractivity (Wildman–Crippen MR) is 124 cm³/mol. The zero-order valence-corrected chi connectivity index (χ0v) is 18.6. The van der Waals surface area contributed by atoms with E-state index in [-0.39, 0.29) is 17.9 Å². The molecule has 4 rings (SSSR count). The van der Waals surface area contributed by atoms with Crippen LogP contribution in [0.4, 0.5) is 0 Å². The molecule has 0 radical (unpaired) electrons. The van der Waals surface area contributed by atoms with Gasteiger partial charge in [0, 0.05) is 37.1 Å². The number of carbonyl (C=O) groups excluding carboxylic acids is 2. The number of rotatable bonds is 7. The summed E-state index contributed by atoms with van der Waals surface area (Å²) in [5, 5.41) is 3.03. The number of benzene rings is 2. The third-order valence-corrected chi connectivity index (χ3v) is 5.69. The summed E-state index contributed by atoms with van der Waals surface area (Å²) in [4.78, 5) is 31.2. The van der Waals surface area contributed by atoms with Gasteiger partial charge in [-0.1, -0.05) is 30.3 Å². The highest BCUT2D eigenvalue weighted by atomic mass is 16.5. The van der Waals surface area contributed by atoms with Gasteiger partial charge in [-0.25, -0.2) is 0 Å². The Bertz CT molecular complexity index is 1080. The van der Waals surface area contributed by atoms with Crippen molar-refractivity contribution in [3.8, 4) is 11.5 Å². The molecule has 1 saturated heterocycles. The molecule has 2 aromatic carbocycles. The van der Waals surface area contributed by atoms with Gasteiger partial charge in [-0.15, -0.1) is 0 Å². The molecule has 33 heavy (non-hydrogen) atoms. The van der Waals surface area contributed by atoms with E-state index in [0.29, 0.717) is 55.2 Å². The minimum Gasteiger partial charge on any atom is -0.493 e. The van der Waals surface area contributed by atoms with Gasteiger partial charge in [0.05, 0.1) is 12.7 Å². The predicted octanol–water partition coefficient (Wildman–Crippen LogP) is 3.70. The second kappa shape index (κ2) is 10.6. The summed E-state index contributed by atoms with van der Waals surface area (Å²) in [7, 11) is 1.56. The molecule has 3 aromatic rings. The molecule has 1 aliphatic heterocycles. The number of pyridine rings is 1. The Kier molecular flexibility index (Phi) is 7.19. The summed E-state index contributed by atoms with van der Waals surface area (Å²) >= 11 is 0. The highest BCUT2D eigenvalue weighted by molar-refractivity contribution is 5.95. The summed E-state index contributed by atoms with van der Waals surface area (Å²) in [6.45, 7) is 1.57. The Morgan fingerprint density at radius 2 is 1.79 bits per heavy atom. The van der Waals surface area contributed by atoms with E-state index in [1.807, 2.05) is 35.2 Å². The lowest BCUT2D eigenvalue weighted by Gasteiger charge is -2.32. The Hall–Kier alpha value is -3.87. The number of hydrogen-bond acceptors (Lipinski definition) is 5. The van der Waals surface area contributed by atoms with Gasteiger partial charge in [-0.05, 0) is 48.7 Å². The van der Waals surface area contributed by atoms with Gasteiger partial charge in [-0.2, -0.15) is 0 Å². The maximum atomic E-state index is 13.0. The number of aromatic nitrogens is 1. The number of nitrogens with zero attached hydrogens (tertiary/aromatic N) is 2. The molecule has 0 spiro atoms. The first-order valence-corrected chi connectivity index (χ1v) is 11.0. The summed E-state index contributed by atoms with van der Waals surface area (Å²) in [5.41, 5.74) is 2.15. The van der Waals surface area contributed by atoms with E-state index >= 15 is 0 Å². The largest absolute Gasteiger partial charge is 0.493 e. The molecule has 0 bridgehead atoms. The molecule has 0 atom stereocenters. The average Bonchev–Trinajstić information content (AvgIpc) is 2.88. The minimum atomic E-state index is -0.135. The first-order chi connectivity index (χ1) is 16.1. The van der Waals surface area contributed by atoms with Crippen molar-refractivity contribution < 1.29 is 19.1 Å². The fraction of sp³-hybridized carbons (Fsp3) is 0.269.